The minimum absolute atomic E-state index is 0.247. The van der Waals surface area contributed by atoms with E-state index in [9.17, 15) is 45.6 Å². The average Bonchev–Trinajstić information content (AvgIpc) is 1.26. The maximum absolute atomic E-state index is 13.4. The van der Waals surface area contributed by atoms with Gasteiger partial charge in [-0.15, -0.1) is 0 Å². The van der Waals surface area contributed by atoms with Gasteiger partial charge >= 0.3 is 0 Å². The number of ether oxygens (including phenoxy) is 4. The van der Waals surface area contributed by atoms with E-state index >= 15 is 0 Å². The predicted molar refractivity (Wildman–Crippen MR) is 369 cm³/mol. The van der Waals surface area contributed by atoms with Crippen molar-refractivity contribution >= 4 is 5.91 Å². The van der Waals surface area contributed by atoms with Crippen molar-refractivity contribution in [1.29, 1.82) is 0 Å². The van der Waals surface area contributed by atoms with Crippen LogP contribution in [-0.4, -0.2) is 140 Å². The van der Waals surface area contributed by atoms with Crippen LogP contribution < -0.4 is 5.32 Å². The van der Waals surface area contributed by atoms with E-state index in [0.29, 0.717) is 12.8 Å². The van der Waals surface area contributed by atoms with Gasteiger partial charge in [0.05, 0.1) is 32.0 Å². The molecular formula is C76H137NO13. The van der Waals surface area contributed by atoms with Gasteiger partial charge in [0.1, 0.15) is 48.8 Å². The van der Waals surface area contributed by atoms with Crippen LogP contribution in [0.3, 0.4) is 0 Å². The second-order valence-corrected chi connectivity index (χ2v) is 26.0. The summed E-state index contributed by atoms with van der Waals surface area (Å²) in [6.45, 7) is 2.71. The summed E-state index contributed by atoms with van der Waals surface area (Å²) in [6, 6.07) is -0.936. The number of nitrogens with one attached hydrogen (secondary N) is 1. The van der Waals surface area contributed by atoms with Crippen molar-refractivity contribution in [2.24, 2.45) is 0 Å². The Kier molecular flexibility index (Phi) is 55.8. The van der Waals surface area contributed by atoms with Crippen molar-refractivity contribution in [2.75, 3.05) is 19.8 Å². The lowest BCUT2D eigenvalue weighted by atomic mass is 9.97. The van der Waals surface area contributed by atoms with Crippen molar-refractivity contribution in [3.8, 4) is 0 Å². The fourth-order valence-electron chi connectivity index (χ4n) is 12.0. The third kappa shape index (κ3) is 43.4. The molecule has 2 fully saturated rings. The fraction of sp³-hybridized carbons (Fsp3) is 0.829. The Morgan fingerprint density at radius 3 is 1.22 bits per heavy atom. The lowest BCUT2D eigenvalue weighted by molar-refractivity contribution is -0.359. The molecule has 524 valence electrons. The number of unbranched alkanes of at least 4 members (excludes halogenated alkanes) is 38. The summed E-state index contributed by atoms with van der Waals surface area (Å²) in [5.41, 5.74) is 0. The van der Waals surface area contributed by atoms with Crippen LogP contribution in [0.15, 0.2) is 72.9 Å². The van der Waals surface area contributed by atoms with Gasteiger partial charge in [0, 0.05) is 6.42 Å². The molecule has 12 unspecified atom stereocenters. The maximum atomic E-state index is 13.4. The number of carbonyl (C=O) groups is 1. The molecule has 2 heterocycles. The molecule has 0 aromatic heterocycles. The van der Waals surface area contributed by atoms with Crippen LogP contribution in [0.4, 0.5) is 0 Å². The highest BCUT2D eigenvalue weighted by atomic mass is 16.7. The third-order valence-corrected chi connectivity index (χ3v) is 17.9. The van der Waals surface area contributed by atoms with Crippen LogP contribution in [0.2, 0.25) is 0 Å². The van der Waals surface area contributed by atoms with Gasteiger partial charge in [-0.3, -0.25) is 4.79 Å². The zero-order chi connectivity index (χ0) is 65.2. The molecule has 12 atom stereocenters. The Balaban J connectivity index is 1.67. The van der Waals surface area contributed by atoms with Gasteiger partial charge in [0.2, 0.25) is 5.91 Å². The lowest BCUT2D eigenvalue weighted by Crippen LogP contribution is -2.65. The Morgan fingerprint density at radius 1 is 0.411 bits per heavy atom. The number of hydrogen-bond acceptors (Lipinski definition) is 13. The van der Waals surface area contributed by atoms with Gasteiger partial charge in [-0.05, 0) is 70.6 Å². The number of hydrogen-bond donors (Lipinski definition) is 9. The first-order chi connectivity index (χ1) is 44.1. The van der Waals surface area contributed by atoms with Crippen LogP contribution >= 0.6 is 0 Å². The molecule has 90 heavy (non-hydrogen) atoms. The Labute approximate surface area is 548 Å². The van der Waals surface area contributed by atoms with E-state index in [1.807, 2.05) is 6.08 Å². The molecule has 0 aliphatic carbocycles. The summed E-state index contributed by atoms with van der Waals surface area (Å²) in [5.74, 6) is -0.247. The largest absolute Gasteiger partial charge is 0.394 e. The zero-order valence-electron chi connectivity index (χ0n) is 57.1. The molecule has 0 aromatic carbocycles. The van der Waals surface area contributed by atoms with Gasteiger partial charge < -0.3 is 65.1 Å². The molecular weight excluding hydrogens is 1130 g/mol. The normalized spacial score (nSPS) is 23.3. The molecule has 2 aliphatic heterocycles. The first-order valence-corrected chi connectivity index (χ1v) is 37.2. The van der Waals surface area contributed by atoms with E-state index < -0.39 is 86.8 Å². The second-order valence-electron chi connectivity index (χ2n) is 26.0. The molecule has 2 aliphatic rings. The smallest absolute Gasteiger partial charge is 0.220 e. The van der Waals surface area contributed by atoms with Crippen molar-refractivity contribution in [2.45, 2.75) is 383 Å². The van der Waals surface area contributed by atoms with Crippen molar-refractivity contribution in [1.82, 2.24) is 5.32 Å². The van der Waals surface area contributed by atoms with E-state index in [1.54, 1.807) is 6.08 Å². The minimum atomic E-state index is -1.79. The summed E-state index contributed by atoms with van der Waals surface area (Å²) >= 11 is 0. The molecule has 2 saturated heterocycles. The van der Waals surface area contributed by atoms with Crippen LogP contribution in [0.5, 0.6) is 0 Å². The maximum Gasteiger partial charge on any atom is 0.220 e. The van der Waals surface area contributed by atoms with Crippen molar-refractivity contribution in [3.63, 3.8) is 0 Å². The summed E-state index contributed by atoms with van der Waals surface area (Å²) in [7, 11) is 0. The monoisotopic (exact) mass is 1270 g/mol. The van der Waals surface area contributed by atoms with E-state index in [0.717, 1.165) is 57.8 Å². The molecule has 14 heteroatoms. The van der Waals surface area contributed by atoms with Gasteiger partial charge in [0.25, 0.3) is 0 Å². The molecule has 0 bridgehead atoms. The third-order valence-electron chi connectivity index (χ3n) is 17.9. The van der Waals surface area contributed by atoms with E-state index in [-0.39, 0.29) is 18.9 Å². The Hall–Kier alpha value is -2.57. The first-order valence-electron chi connectivity index (χ1n) is 37.2. The van der Waals surface area contributed by atoms with Gasteiger partial charge in [-0.25, -0.2) is 0 Å². The number of rotatable bonds is 61. The summed E-state index contributed by atoms with van der Waals surface area (Å²) in [5, 5.41) is 87.5. The van der Waals surface area contributed by atoms with Crippen molar-refractivity contribution in [3.05, 3.63) is 72.9 Å². The van der Waals surface area contributed by atoms with Gasteiger partial charge in [0.15, 0.2) is 12.6 Å². The van der Waals surface area contributed by atoms with Crippen LogP contribution in [0, 0.1) is 0 Å². The quantitative estimate of drug-likeness (QED) is 0.0204. The van der Waals surface area contributed by atoms with Crippen LogP contribution in [0.1, 0.15) is 309 Å². The summed E-state index contributed by atoms with van der Waals surface area (Å²) in [6.07, 6.45) is 65.4. The molecule has 0 saturated carbocycles. The Bertz CT molecular complexity index is 1790. The number of carbonyl (C=O) groups excluding carboxylic acids is 1. The standard InChI is InChI=1S/C76H137NO13/c1-3-5-7-9-11-13-15-17-19-21-23-25-27-29-31-32-34-36-38-40-42-44-46-48-50-52-54-56-58-60-68(81)77-64(63-87-75-73(86)71(84)74(67(62-79)89-75)90-76-72(85)70(83)69(82)66(61-78)88-76)65(80)59-57-55-53-51-49-47-45-43-41-39-37-35-33-30-28-26-24-22-20-18-16-14-12-10-8-6-4-2/h5,7,11,13,17,19,23,25,49,51,57,59,64-67,69-76,78-80,82-86H,3-4,6,8-10,12,14-16,18,20-22,24,26-48,50,52-56,58,60-63H2,1-2H3,(H,77,81)/b7-5-,13-11-,19-17-,25-23-,51-49+,59-57+. The van der Waals surface area contributed by atoms with Gasteiger partial charge in [-0.2, -0.15) is 0 Å². The molecule has 2 rings (SSSR count). The SMILES string of the molecule is CC/C=C\C/C=C\C/C=C\C/C=C\CCCCCCCCCCCCCCCCCCC(=O)NC(COC1OC(CO)C(OC2OC(CO)C(O)C(O)C2O)C(O)C1O)C(O)/C=C/CC/C=C/CCCCCCCCCCCCCCCCCCCCCCC. The predicted octanol–water partition coefficient (Wildman–Crippen LogP) is 15.8. The molecule has 1 amide bonds. The lowest BCUT2D eigenvalue weighted by Gasteiger charge is -2.46. The number of aliphatic hydroxyl groups is 8. The number of amides is 1. The highest BCUT2D eigenvalue weighted by Crippen LogP contribution is 2.30. The minimum Gasteiger partial charge on any atom is -0.394 e. The van der Waals surface area contributed by atoms with Gasteiger partial charge in [-0.1, -0.05) is 305 Å². The summed E-state index contributed by atoms with van der Waals surface area (Å²) < 4.78 is 22.9. The van der Waals surface area contributed by atoms with Crippen LogP contribution in [0.25, 0.3) is 0 Å². The average molecular weight is 1270 g/mol. The van der Waals surface area contributed by atoms with E-state index in [4.69, 9.17) is 18.9 Å². The number of aliphatic hydroxyl groups excluding tert-OH is 8. The molecule has 0 radical (unpaired) electrons. The second kappa shape index (κ2) is 60.1. The van der Waals surface area contributed by atoms with E-state index in [1.165, 1.54) is 218 Å². The van der Waals surface area contributed by atoms with Crippen LogP contribution in [-0.2, 0) is 23.7 Å². The summed E-state index contributed by atoms with van der Waals surface area (Å²) in [4.78, 5) is 13.4. The topological polar surface area (TPSA) is 228 Å². The first kappa shape index (κ1) is 83.5. The highest BCUT2D eigenvalue weighted by Gasteiger charge is 2.51. The number of allylic oxidation sites excluding steroid dienone is 11. The molecule has 0 aromatic rings. The van der Waals surface area contributed by atoms with Crippen molar-refractivity contribution < 1.29 is 64.6 Å². The fourth-order valence-corrected chi connectivity index (χ4v) is 12.0. The zero-order valence-corrected chi connectivity index (χ0v) is 57.1. The van der Waals surface area contributed by atoms with E-state index in [2.05, 4.69) is 79.9 Å². The molecule has 9 N–H and O–H groups in total. The molecule has 0 spiro atoms. The Morgan fingerprint density at radius 2 is 0.778 bits per heavy atom. The highest BCUT2D eigenvalue weighted by molar-refractivity contribution is 5.76. The molecule has 14 nitrogen and oxygen atoms in total.